The lowest BCUT2D eigenvalue weighted by molar-refractivity contribution is 0.325. The molecule has 1 aliphatic heterocycles. The van der Waals surface area contributed by atoms with E-state index in [0.29, 0.717) is 6.04 Å². The van der Waals surface area contributed by atoms with Crippen LogP contribution in [0, 0.1) is 5.92 Å². The van der Waals surface area contributed by atoms with Crippen LogP contribution >= 0.6 is 0 Å². The molecule has 2 N–H and O–H groups in total. The highest BCUT2D eigenvalue weighted by Gasteiger charge is 2.34. The smallest absolute Gasteiger partial charge is 0.0890 e. The van der Waals surface area contributed by atoms with Gasteiger partial charge in [-0.3, -0.25) is 4.98 Å². The van der Waals surface area contributed by atoms with Crippen LogP contribution in [0.5, 0.6) is 0 Å². The molecule has 1 saturated heterocycles. The Morgan fingerprint density at radius 2 is 2.00 bits per heavy atom. The first-order valence-corrected chi connectivity index (χ1v) is 8.56. The molecule has 0 amide bonds. The van der Waals surface area contributed by atoms with E-state index in [4.69, 9.17) is 0 Å². The molecule has 22 heavy (non-hydrogen) atoms. The molecule has 0 spiro atoms. The predicted molar refractivity (Wildman–Crippen MR) is 88.5 cm³/mol. The third-order valence-corrected chi connectivity index (χ3v) is 5.14. The highest BCUT2D eigenvalue weighted by Crippen LogP contribution is 2.32. The summed E-state index contributed by atoms with van der Waals surface area (Å²) in [6, 6.07) is 9.44. The first kappa shape index (κ1) is 14.1. The van der Waals surface area contributed by atoms with Crippen LogP contribution in [-0.4, -0.2) is 28.6 Å². The highest BCUT2D eigenvalue weighted by molar-refractivity contribution is 5.73. The van der Waals surface area contributed by atoms with Crippen LogP contribution in [0.25, 0.3) is 11.0 Å². The summed E-state index contributed by atoms with van der Waals surface area (Å²) in [5, 5.41) is 7.36. The Bertz CT molecular complexity index is 628. The molecule has 1 aliphatic carbocycles. The summed E-state index contributed by atoms with van der Waals surface area (Å²) < 4.78 is 0. The van der Waals surface area contributed by atoms with Crippen LogP contribution in [-0.2, 0) is 6.54 Å². The lowest BCUT2D eigenvalue weighted by Crippen LogP contribution is -2.38. The van der Waals surface area contributed by atoms with Gasteiger partial charge in [0.05, 0.1) is 22.9 Å². The Morgan fingerprint density at radius 3 is 2.91 bits per heavy atom. The van der Waals surface area contributed by atoms with E-state index in [-0.39, 0.29) is 0 Å². The number of para-hydroxylation sites is 2. The van der Waals surface area contributed by atoms with Gasteiger partial charge in [0.2, 0.25) is 0 Å². The summed E-state index contributed by atoms with van der Waals surface area (Å²) in [7, 11) is 0. The second-order valence-electron chi connectivity index (χ2n) is 6.73. The standard InChI is InChI=1S/C18H24N4/c1-2-6-16-13(5-1)9-14(21-16)10-19-11-15-12-20-17-7-3-4-8-18(17)22-15/h3-4,7-8,12-14,16,19,21H,1-2,5-6,9-11H2/t13-,14-,16-/m0/s1. The van der Waals surface area contributed by atoms with E-state index in [0.717, 1.165) is 41.8 Å². The molecular weight excluding hydrogens is 272 g/mol. The average Bonchev–Trinajstić information content (AvgIpc) is 2.97. The maximum atomic E-state index is 4.67. The quantitative estimate of drug-likeness (QED) is 0.910. The molecule has 1 saturated carbocycles. The Morgan fingerprint density at radius 1 is 1.14 bits per heavy atom. The molecule has 0 radical (unpaired) electrons. The van der Waals surface area contributed by atoms with Crippen molar-refractivity contribution in [3.63, 3.8) is 0 Å². The lowest BCUT2D eigenvalue weighted by Gasteiger charge is -2.24. The van der Waals surface area contributed by atoms with E-state index in [2.05, 4.69) is 20.6 Å². The first-order valence-electron chi connectivity index (χ1n) is 8.56. The molecule has 4 heteroatoms. The molecule has 2 fully saturated rings. The van der Waals surface area contributed by atoms with E-state index in [9.17, 15) is 0 Å². The molecule has 2 aromatic rings. The zero-order valence-electron chi connectivity index (χ0n) is 13.0. The zero-order valence-corrected chi connectivity index (χ0v) is 13.0. The van der Waals surface area contributed by atoms with Crippen molar-refractivity contribution in [1.29, 1.82) is 0 Å². The number of aromatic nitrogens is 2. The fraction of sp³-hybridized carbons (Fsp3) is 0.556. The SMILES string of the molecule is c1ccc2nc(CNC[C@@H]3C[C@@H]4CCCC[C@@H]4N3)cnc2c1. The molecule has 116 valence electrons. The number of nitrogens with one attached hydrogen (secondary N) is 2. The van der Waals surface area contributed by atoms with Gasteiger partial charge in [0.1, 0.15) is 0 Å². The van der Waals surface area contributed by atoms with E-state index >= 15 is 0 Å². The van der Waals surface area contributed by atoms with Crippen LogP contribution in [0.2, 0.25) is 0 Å². The predicted octanol–water partition coefficient (Wildman–Crippen LogP) is 2.64. The van der Waals surface area contributed by atoms with Gasteiger partial charge < -0.3 is 10.6 Å². The molecule has 2 heterocycles. The minimum Gasteiger partial charge on any atom is -0.310 e. The molecule has 1 aromatic carbocycles. The van der Waals surface area contributed by atoms with Crippen LogP contribution in [0.1, 0.15) is 37.8 Å². The molecule has 0 bridgehead atoms. The van der Waals surface area contributed by atoms with E-state index in [1.807, 2.05) is 30.5 Å². The Labute approximate surface area is 131 Å². The Balaban J connectivity index is 1.31. The van der Waals surface area contributed by atoms with Gasteiger partial charge in [-0.25, -0.2) is 4.98 Å². The molecule has 4 rings (SSSR count). The van der Waals surface area contributed by atoms with Gasteiger partial charge in [0, 0.05) is 25.2 Å². The normalized spacial score (nSPS) is 27.9. The molecule has 1 aromatic heterocycles. The van der Waals surface area contributed by atoms with Crippen LogP contribution in [0.4, 0.5) is 0 Å². The minimum absolute atomic E-state index is 0.626. The van der Waals surface area contributed by atoms with Crippen molar-refractivity contribution in [1.82, 2.24) is 20.6 Å². The Hall–Kier alpha value is -1.52. The molecule has 4 nitrogen and oxygen atoms in total. The molecule has 0 unspecified atom stereocenters. The molecule has 3 atom stereocenters. The number of benzene rings is 1. The van der Waals surface area contributed by atoms with Gasteiger partial charge >= 0.3 is 0 Å². The maximum Gasteiger partial charge on any atom is 0.0890 e. The number of rotatable bonds is 4. The van der Waals surface area contributed by atoms with E-state index < -0.39 is 0 Å². The van der Waals surface area contributed by atoms with Crippen LogP contribution in [0.3, 0.4) is 0 Å². The van der Waals surface area contributed by atoms with E-state index in [1.54, 1.807) is 0 Å². The minimum atomic E-state index is 0.626. The monoisotopic (exact) mass is 296 g/mol. The third kappa shape index (κ3) is 2.99. The summed E-state index contributed by atoms with van der Waals surface area (Å²) in [6.45, 7) is 1.83. The fourth-order valence-electron chi connectivity index (χ4n) is 4.04. The van der Waals surface area contributed by atoms with Gasteiger partial charge in [-0.15, -0.1) is 0 Å². The van der Waals surface area contributed by atoms with Crippen molar-refractivity contribution >= 4 is 11.0 Å². The topological polar surface area (TPSA) is 49.8 Å². The molecular formula is C18H24N4. The van der Waals surface area contributed by atoms with Gasteiger partial charge in [-0.05, 0) is 37.3 Å². The van der Waals surface area contributed by atoms with Crippen molar-refractivity contribution in [2.75, 3.05) is 6.54 Å². The summed E-state index contributed by atoms with van der Waals surface area (Å²) in [5.41, 5.74) is 2.97. The van der Waals surface area contributed by atoms with Crippen LogP contribution < -0.4 is 10.6 Å². The fourth-order valence-corrected chi connectivity index (χ4v) is 4.04. The average molecular weight is 296 g/mol. The summed E-state index contributed by atoms with van der Waals surface area (Å²) in [6.07, 6.45) is 8.84. The van der Waals surface area contributed by atoms with Crippen molar-refractivity contribution in [2.45, 2.75) is 50.7 Å². The highest BCUT2D eigenvalue weighted by atomic mass is 15.0. The van der Waals surface area contributed by atoms with Gasteiger partial charge in [-0.2, -0.15) is 0 Å². The first-order chi connectivity index (χ1) is 10.9. The summed E-state index contributed by atoms with van der Waals surface area (Å²) >= 11 is 0. The van der Waals surface area contributed by atoms with Crippen molar-refractivity contribution in [2.24, 2.45) is 5.92 Å². The van der Waals surface area contributed by atoms with E-state index in [1.165, 1.54) is 32.1 Å². The third-order valence-electron chi connectivity index (χ3n) is 5.14. The largest absolute Gasteiger partial charge is 0.310 e. The summed E-state index contributed by atoms with van der Waals surface area (Å²) in [4.78, 5) is 9.14. The van der Waals surface area contributed by atoms with Crippen molar-refractivity contribution < 1.29 is 0 Å². The van der Waals surface area contributed by atoms with Gasteiger partial charge in [0.15, 0.2) is 0 Å². The van der Waals surface area contributed by atoms with Crippen molar-refractivity contribution in [3.8, 4) is 0 Å². The van der Waals surface area contributed by atoms with Gasteiger partial charge in [0.25, 0.3) is 0 Å². The second kappa shape index (κ2) is 6.31. The van der Waals surface area contributed by atoms with Gasteiger partial charge in [-0.1, -0.05) is 25.0 Å². The number of hydrogen-bond acceptors (Lipinski definition) is 4. The summed E-state index contributed by atoms with van der Waals surface area (Å²) in [5.74, 6) is 0.918. The van der Waals surface area contributed by atoms with Crippen molar-refractivity contribution in [3.05, 3.63) is 36.2 Å². The molecule has 2 aliphatic rings. The van der Waals surface area contributed by atoms with Crippen LogP contribution in [0.15, 0.2) is 30.5 Å². The maximum absolute atomic E-state index is 4.67. The number of fused-ring (bicyclic) bond motifs is 2. The number of hydrogen-bond donors (Lipinski definition) is 2. The second-order valence-corrected chi connectivity index (χ2v) is 6.73. The lowest BCUT2D eigenvalue weighted by atomic mass is 9.85. The zero-order chi connectivity index (χ0) is 14.8. The Kier molecular flexibility index (Phi) is 4.04. The number of nitrogens with zero attached hydrogens (tertiary/aromatic N) is 2.